The van der Waals surface area contributed by atoms with E-state index in [4.69, 9.17) is 5.73 Å². The number of sulfonamides is 1. The van der Waals surface area contributed by atoms with E-state index in [2.05, 4.69) is 15.0 Å². The summed E-state index contributed by atoms with van der Waals surface area (Å²) in [5.41, 5.74) is 6.63. The molecular weight excluding hydrogens is 352 g/mol. The Kier molecular flexibility index (Phi) is 7.26. The summed E-state index contributed by atoms with van der Waals surface area (Å²) < 4.78 is 27.6. The van der Waals surface area contributed by atoms with Crippen molar-refractivity contribution in [1.82, 2.24) is 9.71 Å². The van der Waals surface area contributed by atoms with E-state index >= 15 is 0 Å². The fourth-order valence-electron chi connectivity index (χ4n) is 2.39. The fourth-order valence-corrected chi connectivity index (χ4v) is 3.67. The van der Waals surface area contributed by atoms with E-state index in [1.165, 1.54) is 24.5 Å². The molecule has 0 saturated carbocycles. The minimum Gasteiger partial charge on any atom is -0.329 e. The first-order valence-corrected chi connectivity index (χ1v) is 9.98. The normalized spacial score (nSPS) is 12.5. The van der Waals surface area contributed by atoms with E-state index in [1.54, 1.807) is 24.3 Å². The number of benzene rings is 1. The average molecular weight is 376 g/mol. The van der Waals surface area contributed by atoms with Crippen LogP contribution in [0.1, 0.15) is 36.5 Å². The first kappa shape index (κ1) is 20.0. The van der Waals surface area contributed by atoms with Gasteiger partial charge in [-0.05, 0) is 42.8 Å². The molecule has 1 aromatic carbocycles. The van der Waals surface area contributed by atoms with Gasteiger partial charge in [-0.3, -0.25) is 9.78 Å². The Morgan fingerprint density at radius 1 is 1.15 bits per heavy atom. The zero-order valence-corrected chi connectivity index (χ0v) is 15.5. The Bertz CT molecular complexity index is 808. The molecule has 1 amide bonds. The topological polar surface area (TPSA) is 114 Å². The number of nitrogens with one attached hydrogen (secondary N) is 2. The zero-order chi connectivity index (χ0) is 19.0. The smallest absolute Gasteiger partial charge is 0.255 e. The molecule has 2 rings (SSSR count). The van der Waals surface area contributed by atoms with Crippen molar-refractivity contribution in [3.05, 3.63) is 54.4 Å². The van der Waals surface area contributed by atoms with E-state index < -0.39 is 10.0 Å². The van der Waals surface area contributed by atoms with Crippen LogP contribution < -0.4 is 15.8 Å². The van der Waals surface area contributed by atoms with Crippen molar-refractivity contribution in [2.45, 2.75) is 37.1 Å². The van der Waals surface area contributed by atoms with Gasteiger partial charge in [-0.1, -0.05) is 19.8 Å². The van der Waals surface area contributed by atoms with Crippen LogP contribution in [0.5, 0.6) is 0 Å². The van der Waals surface area contributed by atoms with Crippen molar-refractivity contribution in [3.8, 4) is 0 Å². The molecule has 7 nitrogen and oxygen atoms in total. The lowest BCUT2D eigenvalue weighted by Crippen LogP contribution is -2.40. The Balaban J connectivity index is 2.04. The maximum Gasteiger partial charge on any atom is 0.255 e. The molecule has 0 aliphatic carbocycles. The number of anilines is 1. The zero-order valence-electron chi connectivity index (χ0n) is 14.7. The third-order valence-corrected chi connectivity index (χ3v) is 5.41. The van der Waals surface area contributed by atoms with E-state index in [-0.39, 0.29) is 23.4 Å². The summed E-state index contributed by atoms with van der Waals surface area (Å²) in [7, 11) is -3.65. The molecule has 0 aliphatic rings. The molecule has 0 fully saturated rings. The Hall–Kier alpha value is -2.29. The van der Waals surface area contributed by atoms with Crippen LogP contribution in [0.25, 0.3) is 0 Å². The number of nitrogens with two attached hydrogens (primary N) is 1. The number of hydrogen-bond donors (Lipinski definition) is 3. The average Bonchev–Trinajstić information content (AvgIpc) is 2.66. The summed E-state index contributed by atoms with van der Waals surface area (Å²) in [5, 5.41) is 2.71. The fraction of sp³-hybridized carbons (Fsp3) is 0.333. The second kappa shape index (κ2) is 9.42. The van der Waals surface area contributed by atoms with Gasteiger partial charge in [0.1, 0.15) is 0 Å². The lowest BCUT2D eigenvalue weighted by Gasteiger charge is -2.16. The molecule has 0 bridgehead atoms. The van der Waals surface area contributed by atoms with Gasteiger partial charge in [-0.25, -0.2) is 13.1 Å². The predicted molar refractivity (Wildman–Crippen MR) is 101 cm³/mol. The molecule has 0 radical (unpaired) electrons. The number of hydrogen-bond acceptors (Lipinski definition) is 5. The molecule has 1 heterocycles. The Morgan fingerprint density at radius 2 is 1.81 bits per heavy atom. The number of rotatable bonds is 9. The maximum atomic E-state index is 12.5. The quantitative estimate of drug-likeness (QED) is 0.620. The van der Waals surface area contributed by atoms with Crippen LogP contribution in [0, 0.1) is 0 Å². The summed E-state index contributed by atoms with van der Waals surface area (Å²) in [6.45, 7) is 2.29. The van der Waals surface area contributed by atoms with Gasteiger partial charge >= 0.3 is 0 Å². The van der Waals surface area contributed by atoms with Crippen molar-refractivity contribution in [1.29, 1.82) is 0 Å². The van der Waals surface area contributed by atoms with Gasteiger partial charge in [0.15, 0.2) is 0 Å². The van der Waals surface area contributed by atoms with Crippen LogP contribution in [-0.2, 0) is 10.0 Å². The molecule has 0 spiro atoms. The molecule has 0 aliphatic heterocycles. The summed E-state index contributed by atoms with van der Waals surface area (Å²) in [5.74, 6) is -0.288. The predicted octanol–water partition coefficient (Wildman–Crippen LogP) is 2.13. The van der Waals surface area contributed by atoms with Crippen LogP contribution in [0.2, 0.25) is 0 Å². The van der Waals surface area contributed by atoms with Gasteiger partial charge < -0.3 is 11.1 Å². The first-order chi connectivity index (χ1) is 12.5. The monoisotopic (exact) mass is 376 g/mol. The molecule has 8 heteroatoms. The van der Waals surface area contributed by atoms with Crippen LogP contribution in [-0.4, -0.2) is 31.9 Å². The molecule has 1 atom stereocenters. The SMILES string of the molecule is CCCCC(CN)NS(=O)(=O)c1ccc(NC(=O)c2ccncc2)cc1. The number of carbonyl (C=O) groups is 1. The Morgan fingerprint density at radius 3 is 2.38 bits per heavy atom. The van der Waals surface area contributed by atoms with Crippen molar-refractivity contribution >= 4 is 21.6 Å². The minimum atomic E-state index is -3.65. The molecule has 1 aromatic heterocycles. The van der Waals surface area contributed by atoms with E-state index in [0.29, 0.717) is 17.7 Å². The third kappa shape index (κ3) is 5.62. The summed E-state index contributed by atoms with van der Waals surface area (Å²) in [6, 6.07) is 8.93. The number of unbranched alkanes of at least 4 members (excludes halogenated alkanes) is 1. The van der Waals surface area contributed by atoms with Gasteiger partial charge in [0.25, 0.3) is 5.91 Å². The maximum absolute atomic E-state index is 12.5. The minimum absolute atomic E-state index is 0.134. The van der Waals surface area contributed by atoms with Crippen molar-refractivity contribution < 1.29 is 13.2 Å². The van der Waals surface area contributed by atoms with E-state index in [1.807, 2.05) is 6.92 Å². The van der Waals surface area contributed by atoms with Crippen LogP contribution in [0.4, 0.5) is 5.69 Å². The highest BCUT2D eigenvalue weighted by atomic mass is 32.2. The lowest BCUT2D eigenvalue weighted by molar-refractivity contribution is 0.102. The van der Waals surface area contributed by atoms with Gasteiger partial charge in [-0.15, -0.1) is 0 Å². The second-order valence-corrected chi connectivity index (χ2v) is 7.62. The molecule has 0 saturated heterocycles. The van der Waals surface area contributed by atoms with Crippen molar-refractivity contribution in [3.63, 3.8) is 0 Å². The third-order valence-electron chi connectivity index (χ3n) is 3.88. The number of pyridine rings is 1. The van der Waals surface area contributed by atoms with Crippen LogP contribution >= 0.6 is 0 Å². The van der Waals surface area contributed by atoms with Crippen molar-refractivity contribution in [2.75, 3.05) is 11.9 Å². The highest BCUT2D eigenvalue weighted by Gasteiger charge is 2.19. The number of carbonyl (C=O) groups excluding carboxylic acids is 1. The second-order valence-electron chi connectivity index (χ2n) is 5.91. The first-order valence-electron chi connectivity index (χ1n) is 8.50. The highest BCUT2D eigenvalue weighted by Crippen LogP contribution is 2.16. The summed E-state index contributed by atoms with van der Waals surface area (Å²) >= 11 is 0. The Labute approximate surface area is 154 Å². The molecule has 26 heavy (non-hydrogen) atoms. The van der Waals surface area contributed by atoms with Gasteiger partial charge in [0, 0.05) is 36.2 Å². The largest absolute Gasteiger partial charge is 0.329 e. The van der Waals surface area contributed by atoms with Gasteiger partial charge in [0.2, 0.25) is 10.0 Å². The molecule has 2 aromatic rings. The number of nitrogens with zero attached hydrogens (tertiary/aromatic N) is 1. The molecule has 140 valence electrons. The number of amides is 1. The standard InChI is InChI=1S/C18H24N4O3S/c1-2-3-4-16(13-19)22-26(24,25)17-7-5-15(6-8-17)21-18(23)14-9-11-20-12-10-14/h5-12,16,22H,2-4,13,19H2,1H3,(H,21,23). The van der Waals surface area contributed by atoms with E-state index in [0.717, 1.165) is 12.8 Å². The highest BCUT2D eigenvalue weighted by molar-refractivity contribution is 7.89. The lowest BCUT2D eigenvalue weighted by atomic mass is 10.1. The van der Waals surface area contributed by atoms with Crippen molar-refractivity contribution in [2.24, 2.45) is 5.73 Å². The van der Waals surface area contributed by atoms with Gasteiger partial charge in [0.05, 0.1) is 4.90 Å². The summed E-state index contributed by atoms with van der Waals surface area (Å²) in [4.78, 5) is 16.1. The molecule has 4 N–H and O–H groups in total. The summed E-state index contributed by atoms with van der Waals surface area (Å²) in [6.07, 6.45) is 5.64. The van der Waals surface area contributed by atoms with Crippen LogP contribution in [0.3, 0.4) is 0 Å². The van der Waals surface area contributed by atoms with Gasteiger partial charge in [-0.2, -0.15) is 0 Å². The molecule has 1 unspecified atom stereocenters. The van der Waals surface area contributed by atoms with Crippen LogP contribution in [0.15, 0.2) is 53.7 Å². The molecular formula is C18H24N4O3S. The van der Waals surface area contributed by atoms with E-state index in [9.17, 15) is 13.2 Å². The number of aromatic nitrogens is 1.